The summed E-state index contributed by atoms with van der Waals surface area (Å²) in [5.41, 5.74) is 1.15. The van der Waals surface area contributed by atoms with Crippen LogP contribution >= 0.6 is 11.6 Å². The first-order valence-electron chi connectivity index (χ1n) is 5.61. The van der Waals surface area contributed by atoms with Gasteiger partial charge in [0, 0.05) is 17.6 Å². The molecule has 1 heterocycles. The molecule has 0 aromatic heterocycles. The Labute approximate surface area is 107 Å². The van der Waals surface area contributed by atoms with Crippen molar-refractivity contribution in [2.24, 2.45) is 0 Å². The van der Waals surface area contributed by atoms with Gasteiger partial charge in [0.1, 0.15) is 0 Å². The van der Waals surface area contributed by atoms with Gasteiger partial charge in [-0.05, 0) is 31.2 Å². The van der Waals surface area contributed by atoms with Crippen LogP contribution in [-0.2, 0) is 16.4 Å². The molecule has 94 valence electrons. The Bertz CT molecular complexity index is 484. The first kappa shape index (κ1) is 12.9. The van der Waals surface area contributed by atoms with Crippen molar-refractivity contribution in [3.63, 3.8) is 0 Å². The number of rotatable bonds is 3. The van der Waals surface area contributed by atoms with Gasteiger partial charge < -0.3 is 0 Å². The molecule has 0 bridgehead atoms. The second-order valence-electron chi connectivity index (χ2n) is 4.60. The first-order chi connectivity index (χ1) is 7.96. The fourth-order valence-corrected chi connectivity index (χ4v) is 4.06. The van der Waals surface area contributed by atoms with E-state index < -0.39 is 9.84 Å². The van der Waals surface area contributed by atoms with Crippen LogP contribution in [0.5, 0.6) is 0 Å². The van der Waals surface area contributed by atoms with Gasteiger partial charge in [-0.3, -0.25) is 4.90 Å². The van der Waals surface area contributed by atoms with Crippen LogP contribution in [0.25, 0.3) is 0 Å². The summed E-state index contributed by atoms with van der Waals surface area (Å²) < 4.78 is 22.8. The first-order valence-corrected chi connectivity index (χ1v) is 7.81. The molecule has 1 aromatic carbocycles. The van der Waals surface area contributed by atoms with Crippen molar-refractivity contribution in [2.45, 2.75) is 19.0 Å². The van der Waals surface area contributed by atoms with E-state index in [4.69, 9.17) is 11.6 Å². The van der Waals surface area contributed by atoms with E-state index in [1.54, 1.807) is 0 Å². The van der Waals surface area contributed by atoms with Crippen molar-refractivity contribution in [1.82, 2.24) is 4.90 Å². The zero-order chi connectivity index (χ0) is 12.5. The average molecular weight is 274 g/mol. The Morgan fingerprint density at radius 3 is 2.53 bits per heavy atom. The van der Waals surface area contributed by atoms with E-state index in [1.165, 1.54) is 0 Å². The third-order valence-corrected chi connectivity index (χ3v) is 5.18. The smallest absolute Gasteiger partial charge is 0.151 e. The zero-order valence-electron chi connectivity index (χ0n) is 9.77. The minimum absolute atomic E-state index is 0.149. The third kappa shape index (κ3) is 3.44. The summed E-state index contributed by atoms with van der Waals surface area (Å²) in [6.07, 6.45) is 0.742. The normalized spacial score (nSPS) is 23.1. The van der Waals surface area contributed by atoms with Gasteiger partial charge in [0.2, 0.25) is 0 Å². The molecular weight excluding hydrogens is 258 g/mol. The van der Waals surface area contributed by atoms with E-state index in [0.717, 1.165) is 23.6 Å². The Hall–Kier alpha value is -0.580. The third-order valence-electron chi connectivity index (χ3n) is 3.18. The van der Waals surface area contributed by atoms with Gasteiger partial charge in [-0.1, -0.05) is 23.7 Å². The molecule has 1 aliphatic rings. The summed E-state index contributed by atoms with van der Waals surface area (Å²) >= 11 is 5.82. The lowest BCUT2D eigenvalue weighted by molar-refractivity contribution is 0.254. The maximum Gasteiger partial charge on any atom is 0.151 e. The Morgan fingerprint density at radius 2 is 2.00 bits per heavy atom. The van der Waals surface area contributed by atoms with Crippen molar-refractivity contribution in [3.05, 3.63) is 34.9 Å². The van der Waals surface area contributed by atoms with Crippen molar-refractivity contribution in [1.29, 1.82) is 0 Å². The van der Waals surface area contributed by atoms with Crippen LogP contribution in [0.1, 0.15) is 12.0 Å². The molecule has 0 unspecified atom stereocenters. The van der Waals surface area contributed by atoms with E-state index in [1.807, 2.05) is 31.3 Å². The van der Waals surface area contributed by atoms with Gasteiger partial charge in [0.05, 0.1) is 11.5 Å². The maximum atomic E-state index is 11.4. The SMILES string of the molecule is CN(Cc1ccc(Cl)cc1)[C@@H]1CCS(=O)(=O)C1. The molecule has 3 nitrogen and oxygen atoms in total. The maximum absolute atomic E-state index is 11.4. The molecule has 1 saturated heterocycles. The number of sulfone groups is 1. The van der Waals surface area contributed by atoms with E-state index >= 15 is 0 Å². The Kier molecular flexibility index (Phi) is 3.76. The molecular formula is C12H16ClNO2S. The van der Waals surface area contributed by atoms with E-state index in [0.29, 0.717) is 5.75 Å². The number of hydrogen-bond donors (Lipinski definition) is 0. The summed E-state index contributed by atoms with van der Waals surface area (Å²) in [6, 6.07) is 7.81. The minimum Gasteiger partial charge on any atom is -0.298 e. The fourth-order valence-electron chi connectivity index (χ4n) is 2.13. The van der Waals surface area contributed by atoms with Crippen molar-refractivity contribution in [2.75, 3.05) is 18.6 Å². The van der Waals surface area contributed by atoms with Crippen LogP contribution in [0.4, 0.5) is 0 Å². The topological polar surface area (TPSA) is 37.4 Å². The molecule has 1 aliphatic heterocycles. The quantitative estimate of drug-likeness (QED) is 0.845. The molecule has 1 atom stereocenters. The van der Waals surface area contributed by atoms with E-state index in [2.05, 4.69) is 4.90 Å². The highest BCUT2D eigenvalue weighted by atomic mass is 35.5. The molecule has 1 fully saturated rings. The highest BCUT2D eigenvalue weighted by Gasteiger charge is 2.30. The zero-order valence-corrected chi connectivity index (χ0v) is 11.3. The summed E-state index contributed by atoms with van der Waals surface area (Å²) in [5.74, 6) is 0.611. The summed E-state index contributed by atoms with van der Waals surface area (Å²) in [4.78, 5) is 2.10. The van der Waals surface area contributed by atoms with Crippen LogP contribution in [0.2, 0.25) is 5.02 Å². The molecule has 1 aromatic rings. The molecule has 0 spiro atoms. The molecule has 0 aliphatic carbocycles. The predicted octanol–water partition coefficient (Wildman–Crippen LogP) is 1.96. The Balaban J connectivity index is 1.98. The highest BCUT2D eigenvalue weighted by molar-refractivity contribution is 7.91. The van der Waals surface area contributed by atoms with Crippen LogP contribution in [0.15, 0.2) is 24.3 Å². The van der Waals surface area contributed by atoms with Crippen molar-refractivity contribution >= 4 is 21.4 Å². The fraction of sp³-hybridized carbons (Fsp3) is 0.500. The lowest BCUT2D eigenvalue weighted by Crippen LogP contribution is -2.32. The number of halogens is 1. The monoisotopic (exact) mass is 273 g/mol. The van der Waals surface area contributed by atoms with Crippen LogP contribution in [0.3, 0.4) is 0 Å². The molecule has 0 N–H and O–H groups in total. The number of hydrogen-bond acceptors (Lipinski definition) is 3. The lowest BCUT2D eigenvalue weighted by atomic mass is 10.1. The van der Waals surface area contributed by atoms with Gasteiger partial charge in [0.25, 0.3) is 0 Å². The summed E-state index contributed by atoms with van der Waals surface area (Å²) in [6.45, 7) is 0.761. The lowest BCUT2D eigenvalue weighted by Gasteiger charge is -2.23. The van der Waals surface area contributed by atoms with E-state index in [9.17, 15) is 8.42 Å². The second kappa shape index (κ2) is 4.96. The summed E-state index contributed by atoms with van der Waals surface area (Å²) in [5, 5.41) is 0.722. The van der Waals surface area contributed by atoms with Gasteiger partial charge >= 0.3 is 0 Å². The van der Waals surface area contributed by atoms with Gasteiger partial charge in [0.15, 0.2) is 9.84 Å². The van der Waals surface area contributed by atoms with Crippen LogP contribution in [-0.4, -0.2) is 37.9 Å². The van der Waals surface area contributed by atoms with Gasteiger partial charge in [-0.2, -0.15) is 0 Å². The number of nitrogens with zero attached hydrogens (tertiary/aromatic N) is 1. The molecule has 17 heavy (non-hydrogen) atoms. The average Bonchev–Trinajstić information content (AvgIpc) is 2.62. The minimum atomic E-state index is -2.80. The van der Waals surface area contributed by atoms with Crippen LogP contribution < -0.4 is 0 Å². The van der Waals surface area contributed by atoms with Gasteiger partial charge in [-0.25, -0.2) is 8.42 Å². The molecule has 0 amide bonds. The second-order valence-corrected chi connectivity index (χ2v) is 7.26. The highest BCUT2D eigenvalue weighted by Crippen LogP contribution is 2.19. The molecule has 2 rings (SSSR count). The molecule has 0 saturated carbocycles. The van der Waals surface area contributed by atoms with E-state index in [-0.39, 0.29) is 11.8 Å². The standard InChI is InChI=1S/C12H16ClNO2S/c1-14(12-6-7-17(15,16)9-12)8-10-2-4-11(13)5-3-10/h2-5,12H,6-9H2,1H3/t12-/m1/s1. The van der Waals surface area contributed by atoms with Crippen molar-refractivity contribution < 1.29 is 8.42 Å². The predicted molar refractivity (Wildman–Crippen MR) is 70.0 cm³/mol. The van der Waals surface area contributed by atoms with Gasteiger partial charge in [-0.15, -0.1) is 0 Å². The van der Waals surface area contributed by atoms with Crippen molar-refractivity contribution in [3.8, 4) is 0 Å². The Morgan fingerprint density at radius 1 is 1.35 bits per heavy atom. The molecule has 0 radical (unpaired) electrons. The van der Waals surface area contributed by atoms with Crippen LogP contribution in [0, 0.1) is 0 Å². The largest absolute Gasteiger partial charge is 0.298 e. The summed E-state index contributed by atoms with van der Waals surface area (Å²) in [7, 11) is -0.830. The number of benzene rings is 1. The molecule has 5 heteroatoms.